The average molecular weight is 308 g/mol. The van der Waals surface area contributed by atoms with Crippen LogP contribution in [0.5, 0.6) is 0 Å². The average Bonchev–Trinajstić information content (AvgIpc) is 2.57. The molecule has 3 rings (SSSR count). The Morgan fingerprint density at radius 2 is 1.83 bits per heavy atom. The lowest BCUT2D eigenvalue weighted by atomic mass is 9.95. The molecule has 0 unspecified atom stereocenters. The van der Waals surface area contributed by atoms with E-state index in [1.54, 1.807) is 31.2 Å². The van der Waals surface area contributed by atoms with Gasteiger partial charge in [0.05, 0.1) is 17.6 Å². The van der Waals surface area contributed by atoms with Crippen LogP contribution in [-0.4, -0.2) is 22.5 Å². The molecule has 116 valence electrons. The summed E-state index contributed by atoms with van der Waals surface area (Å²) >= 11 is 0. The van der Waals surface area contributed by atoms with Crippen LogP contribution < -0.4 is 5.56 Å². The van der Waals surface area contributed by atoms with Crippen molar-refractivity contribution in [2.24, 2.45) is 0 Å². The topological polar surface area (TPSA) is 72.0 Å². The van der Waals surface area contributed by atoms with Crippen molar-refractivity contribution >= 4 is 17.0 Å². The van der Waals surface area contributed by atoms with Crippen molar-refractivity contribution in [3.8, 4) is 0 Å². The summed E-state index contributed by atoms with van der Waals surface area (Å²) in [6, 6.07) is 16.3. The zero-order chi connectivity index (χ0) is 16.2. The zero-order valence-electron chi connectivity index (χ0n) is 12.7. The van der Waals surface area contributed by atoms with E-state index in [2.05, 4.69) is 9.97 Å². The highest BCUT2D eigenvalue weighted by Crippen LogP contribution is 2.23. The first-order valence-electron chi connectivity index (χ1n) is 7.41. The smallest absolute Gasteiger partial charge is 0.319 e. The molecule has 23 heavy (non-hydrogen) atoms. The van der Waals surface area contributed by atoms with Crippen LogP contribution >= 0.6 is 0 Å². The van der Waals surface area contributed by atoms with E-state index in [0.717, 1.165) is 0 Å². The number of benzene rings is 2. The van der Waals surface area contributed by atoms with Gasteiger partial charge in [0.25, 0.3) is 5.56 Å². The van der Waals surface area contributed by atoms with Crippen molar-refractivity contribution in [2.75, 3.05) is 6.61 Å². The number of aromatic amines is 1. The van der Waals surface area contributed by atoms with E-state index in [1.807, 2.05) is 30.3 Å². The van der Waals surface area contributed by atoms with Crippen molar-refractivity contribution in [3.05, 3.63) is 76.2 Å². The van der Waals surface area contributed by atoms with Gasteiger partial charge < -0.3 is 9.72 Å². The Kier molecular flexibility index (Phi) is 4.19. The van der Waals surface area contributed by atoms with Crippen molar-refractivity contribution in [1.82, 2.24) is 9.97 Å². The summed E-state index contributed by atoms with van der Waals surface area (Å²) in [5, 5.41) is 0. The third-order valence-electron chi connectivity index (χ3n) is 3.55. The highest BCUT2D eigenvalue weighted by atomic mass is 16.5. The highest BCUT2D eigenvalue weighted by Gasteiger charge is 2.28. The van der Waals surface area contributed by atoms with Crippen LogP contribution in [0.15, 0.2) is 59.4 Å². The van der Waals surface area contributed by atoms with Gasteiger partial charge in [-0.15, -0.1) is 0 Å². The Labute approximate surface area is 133 Å². The molecule has 1 atom stereocenters. The van der Waals surface area contributed by atoms with E-state index in [-0.39, 0.29) is 17.9 Å². The van der Waals surface area contributed by atoms with Crippen molar-refractivity contribution in [1.29, 1.82) is 0 Å². The van der Waals surface area contributed by atoms with Gasteiger partial charge in [-0.25, -0.2) is 4.98 Å². The molecule has 0 bridgehead atoms. The second-order valence-corrected chi connectivity index (χ2v) is 5.06. The molecule has 0 aliphatic carbocycles. The van der Waals surface area contributed by atoms with Crippen LogP contribution in [0.4, 0.5) is 0 Å². The minimum absolute atomic E-state index is 0.147. The lowest BCUT2D eigenvalue weighted by Crippen LogP contribution is -2.26. The van der Waals surface area contributed by atoms with Crippen LogP contribution in [0.25, 0.3) is 11.0 Å². The maximum Gasteiger partial charge on any atom is 0.319 e. The van der Waals surface area contributed by atoms with E-state index in [9.17, 15) is 9.59 Å². The number of carbonyl (C=O) groups is 1. The Bertz CT molecular complexity index is 887. The van der Waals surface area contributed by atoms with Gasteiger partial charge >= 0.3 is 5.97 Å². The second kappa shape index (κ2) is 6.44. The van der Waals surface area contributed by atoms with E-state index in [4.69, 9.17) is 4.74 Å². The van der Waals surface area contributed by atoms with Gasteiger partial charge in [-0.3, -0.25) is 9.59 Å². The van der Waals surface area contributed by atoms with Crippen molar-refractivity contribution in [2.45, 2.75) is 12.8 Å². The first-order valence-corrected chi connectivity index (χ1v) is 7.41. The molecule has 0 fully saturated rings. The van der Waals surface area contributed by atoms with Gasteiger partial charge in [-0.2, -0.15) is 0 Å². The number of fused-ring (bicyclic) bond motifs is 1. The van der Waals surface area contributed by atoms with Crippen LogP contribution in [-0.2, 0) is 9.53 Å². The molecule has 1 N–H and O–H groups in total. The molecule has 0 amide bonds. The standard InChI is InChI=1S/C18H16N2O3/c1-2-23-18(22)15(12-8-4-3-5-9-12)16-17(21)20-14-11-7-6-10-13(14)19-16/h3-11,15H,2H2,1H3,(H,20,21)/t15-/m0/s1. The summed E-state index contributed by atoms with van der Waals surface area (Å²) in [5.41, 5.74) is 1.71. The summed E-state index contributed by atoms with van der Waals surface area (Å²) in [6.45, 7) is 1.98. The van der Waals surface area contributed by atoms with Gasteiger partial charge in [0.1, 0.15) is 11.6 Å². The lowest BCUT2D eigenvalue weighted by Gasteiger charge is -2.15. The van der Waals surface area contributed by atoms with E-state index < -0.39 is 11.9 Å². The van der Waals surface area contributed by atoms with Crippen LogP contribution in [0, 0.1) is 0 Å². The number of nitrogens with zero attached hydrogens (tertiary/aromatic N) is 1. The Morgan fingerprint density at radius 3 is 2.57 bits per heavy atom. The number of carbonyl (C=O) groups excluding carboxylic acids is 1. The predicted molar refractivity (Wildman–Crippen MR) is 87.3 cm³/mol. The number of ether oxygens (including phenoxy) is 1. The first kappa shape index (κ1) is 15.0. The lowest BCUT2D eigenvalue weighted by molar-refractivity contribution is -0.143. The molecule has 1 heterocycles. The number of rotatable bonds is 4. The maximum absolute atomic E-state index is 12.4. The maximum atomic E-state index is 12.4. The molecule has 1 aromatic heterocycles. The summed E-state index contributed by atoms with van der Waals surface area (Å²) in [6.07, 6.45) is 0. The molecular weight excluding hydrogens is 292 g/mol. The molecule has 0 aliphatic heterocycles. The fourth-order valence-corrected chi connectivity index (χ4v) is 2.52. The normalized spacial score (nSPS) is 12.0. The van der Waals surface area contributed by atoms with E-state index in [0.29, 0.717) is 16.6 Å². The molecule has 0 spiro atoms. The Balaban J connectivity index is 2.18. The molecule has 5 heteroatoms. The molecule has 0 aliphatic rings. The number of para-hydroxylation sites is 2. The molecule has 2 aromatic carbocycles. The minimum Gasteiger partial charge on any atom is -0.465 e. The Morgan fingerprint density at radius 1 is 1.13 bits per heavy atom. The van der Waals surface area contributed by atoms with Crippen LogP contribution in [0.2, 0.25) is 0 Å². The third kappa shape index (κ3) is 2.99. The number of hydrogen-bond donors (Lipinski definition) is 1. The first-order chi connectivity index (χ1) is 11.2. The predicted octanol–water partition coefficient (Wildman–Crippen LogP) is 2.62. The number of nitrogens with one attached hydrogen (secondary N) is 1. The van der Waals surface area contributed by atoms with Gasteiger partial charge in [0, 0.05) is 0 Å². The van der Waals surface area contributed by atoms with Gasteiger partial charge in [-0.1, -0.05) is 42.5 Å². The largest absolute Gasteiger partial charge is 0.465 e. The molecule has 0 radical (unpaired) electrons. The fraction of sp³-hybridized carbons (Fsp3) is 0.167. The highest BCUT2D eigenvalue weighted by molar-refractivity contribution is 5.82. The number of H-pyrrole nitrogens is 1. The van der Waals surface area contributed by atoms with Crippen LogP contribution in [0.1, 0.15) is 24.1 Å². The van der Waals surface area contributed by atoms with Crippen molar-refractivity contribution in [3.63, 3.8) is 0 Å². The molecule has 0 saturated heterocycles. The monoisotopic (exact) mass is 308 g/mol. The SMILES string of the molecule is CCOC(=O)[C@@H](c1ccccc1)c1nc2ccccc2[nH]c1=O. The summed E-state index contributed by atoms with van der Waals surface area (Å²) in [5.74, 6) is -1.32. The van der Waals surface area contributed by atoms with E-state index >= 15 is 0 Å². The Hall–Kier alpha value is -2.95. The van der Waals surface area contributed by atoms with Gasteiger partial charge in [0.15, 0.2) is 0 Å². The quantitative estimate of drug-likeness (QED) is 0.752. The number of hydrogen-bond acceptors (Lipinski definition) is 4. The summed E-state index contributed by atoms with van der Waals surface area (Å²) in [4.78, 5) is 32.0. The van der Waals surface area contributed by atoms with E-state index in [1.165, 1.54) is 0 Å². The van der Waals surface area contributed by atoms with Gasteiger partial charge in [0.2, 0.25) is 0 Å². The van der Waals surface area contributed by atoms with Gasteiger partial charge in [-0.05, 0) is 24.6 Å². The molecule has 0 saturated carbocycles. The van der Waals surface area contributed by atoms with Crippen LogP contribution in [0.3, 0.4) is 0 Å². The molecule has 3 aromatic rings. The molecular formula is C18H16N2O3. The fourth-order valence-electron chi connectivity index (χ4n) is 2.52. The van der Waals surface area contributed by atoms with Crippen molar-refractivity contribution < 1.29 is 9.53 Å². The molecule has 5 nitrogen and oxygen atoms in total. The second-order valence-electron chi connectivity index (χ2n) is 5.06. The third-order valence-corrected chi connectivity index (χ3v) is 3.55. The number of aromatic nitrogens is 2. The summed E-state index contributed by atoms with van der Waals surface area (Å²) in [7, 11) is 0. The summed E-state index contributed by atoms with van der Waals surface area (Å²) < 4.78 is 5.15. The zero-order valence-corrected chi connectivity index (χ0v) is 12.7. The number of esters is 1. The minimum atomic E-state index is -0.843.